The lowest BCUT2D eigenvalue weighted by molar-refractivity contribution is -0.136. The molecule has 0 unspecified atom stereocenters. The van der Waals surface area contributed by atoms with Crippen molar-refractivity contribution in [2.24, 2.45) is 0 Å². The van der Waals surface area contributed by atoms with Gasteiger partial charge in [-0.3, -0.25) is 4.79 Å². The summed E-state index contributed by atoms with van der Waals surface area (Å²) in [6.45, 7) is 6.39. The minimum Gasteiger partial charge on any atom is -0.493 e. The zero-order valence-corrected chi connectivity index (χ0v) is 16.5. The van der Waals surface area contributed by atoms with Crippen molar-refractivity contribution in [2.45, 2.75) is 33.4 Å². The number of hydrogen-bond donors (Lipinski definition) is 0. The van der Waals surface area contributed by atoms with E-state index in [1.54, 1.807) is 23.3 Å². The first-order valence-electron chi connectivity index (χ1n) is 8.85. The van der Waals surface area contributed by atoms with Crippen LogP contribution in [0.5, 0.6) is 11.5 Å². The fourth-order valence-corrected chi connectivity index (χ4v) is 3.08. The molecule has 0 radical (unpaired) electrons. The lowest BCUT2D eigenvalue weighted by atomic mass is 10.2. The van der Waals surface area contributed by atoms with Crippen LogP contribution < -0.4 is 9.47 Å². The van der Waals surface area contributed by atoms with Crippen LogP contribution in [0.25, 0.3) is 0 Å². The van der Waals surface area contributed by atoms with Gasteiger partial charge in [0.1, 0.15) is 13.2 Å². The van der Waals surface area contributed by atoms with E-state index >= 15 is 0 Å². The molecule has 1 amide bonds. The normalized spacial score (nSPS) is 10.6. The Bertz CT molecular complexity index is 672. The molecule has 2 aromatic rings. The Morgan fingerprint density at radius 2 is 2.04 bits per heavy atom. The number of likely N-dealkylation sites (N-methyl/N-ethyl adjacent to an activating group) is 1. The summed E-state index contributed by atoms with van der Waals surface area (Å²) in [5.41, 5.74) is 0.996. The SMILES string of the molecule is CCCOCC(=O)N(CC)Cc1ccc(OCc2cccs2)c(OC)c1. The molecule has 0 spiro atoms. The number of thiophene rings is 1. The molecule has 0 bridgehead atoms. The summed E-state index contributed by atoms with van der Waals surface area (Å²) in [6, 6.07) is 9.83. The Morgan fingerprint density at radius 3 is 2.69 bits per heavy atom. The maximum absolute atomic E-state index is 12.3. The molecular formula is C20H27NO4S. The van der Waals surface area contributed by atoms with E-state index in [1.807, 2.05) is 49.6 Å². The second-order valence-corrected chi connectivity index (χ2v) is 6.85. The van der Waals surface area contributed by atoms with Crippen molar-refractivity contribution < 1.29 is 19.0 Å². The molecule has 5 nitrogen and oxygen atoms in total. The van der Waals surface area contributed by atoms with E-state index in [0.29, 0.717) is 37.8 Å². The first kappa shape index (κ1) is 20.3. The first-order chi connectivity index (χ1) is 12.7. The van der Waals surface area contributed by atoms with Crippen LogP contribution in [0, 0.1) is 0 Å². The van der Waals surface area contributed by atoms with Crippen molar-refractivity contribution in [3.63, 3.8) is 0 Å². The zero-order valence-electron chi connectivity index (χ0n) is 15.7. The van der Waals surface area contributed by atoms with Crippen LogP contribution in [0.4, 0.5) is 0 Å². The summed E-state index contributed by atoms with van der Waals surface area (Å²) < 4.78 is 16.7. The van der Waals surface area contributed by atoms with Gasteiger partial charge in [-0.05, 0) is 42.5 Å². The van der Waals surface area contributed by atoms with Gasteiger partial charge in [0.25, 0.3) is 0 Å². The maximum atomic E-state index is 12.3. The van der Waals surface area contributed by atoms with Gasteiger partial charge in [0.05, 0.1) is 7.11 Å². The number of ether oxygens (including phenoxy) is 3. The van der Waals surface area contributed by atoms with Gasteiger partial charge >= 0.3 is 0 Å². The second kappa shape index (κ2) is 10.8. The Balaban J connectivity index is 1.99. The number of methoxy groups -OCH3 is 1. The summed E-state index contributed by atoms with van der Waals surface area (Å²) in [5, 5.41) is 2.03. The predicted octanol–water partition coefficient (Wildman–Crippen LogP) is 4.11. The molecule has 1 aromatic carbocycles. The van der Waals surface area contributed by atoms with E-state index in [4.69, 9.17) is 14.2 Å². The van der Waals surface area contributed by atoms with Gasteiger partial charge in [-0.2, -0.15) is 0 Å². The van der Waals surface area contributed by atoms with Crippen LogP contribution in [-0.2, 0) is 22.7 Å². The topological polar surface area (TPSA) is 48.0 Å². The number of carbonyl (C=O) groups excluding carboxylic acids is 1. The highest BCUT2D eigenvalue weighted by Crippen LogP contribution is 2.29. The van der Waals surface area contributed by atoms with Crippen LogP contribution >= 0.6 is 11.3 Å². The highest BCUT2D eigenvalue weighted by Gasteiger charge is 2.14. The summed E-state index contributed by atoms with van der Waals surface area (Å²) in [4.78, 5) is 15.2. The molecule has 1 heterocycles. The summed E-state index contributed by atoms with van der Waals surface area (Å²) in [6.07, 6.45) is 0.906. The molecule has 0 aliphatic rings. The molecule has 0 fully saturated rings. The van der Waals surface area contributed by atoms with Gasteiger partial charge in [0.15, 0.2) is 11.5 Å². The number of amides is 1. The zero-order chi connectivity index (χ0) is 18.8. The number of hydrogen-bond acceptors (Lipinski definition) is 5. The molecule has 0 saturated carbocycles. The minimum atomic E-state index is -0.00191. The van der Waals surface area contributed by atoms with Crippen LogP contribution in [0.3, 0.4) is 0 Å². The summed E-state index contributed by atoms with van der Waals surface area (Å²) in [7, 11) is 1.62. The van der Waals surface area contributed by atoms with Crippen LogP contribution in [-0.4, -0.2) is 37.7 Å². The Morgan fingerprint density at radius 1 is 1.19 bits per heavy atom. The highest BCUT2D eigenvalue weighted by molar-refractivity contribution is 7.09. The maximum Gasteiger partial charge on any atom is 0.248 e. The van der Waals surface area contributed by atoms with Gasteiger partial charge < -0.3 is 19.1 Å². The highest BCUT2D eigenvalue weighted by atomic mass is 32.1. The number of nitrogens with zero attached hydrogens (tertiary/aromatic N) is 1. The Kier molecular flexibility index (Phi) is 8.44. The van der Waals surface area contributed by atoms with E-state index in [9.17, 15) is 4.79 Å². The van der Waals surface area contributed by atoms with E-state index < -0.39 is 0 Å². The number of benzene rings is 1. The molecule has 0 saturated heterocycles. The van der Waals surface area contributed by atoms with Crippen molar-refractivity contribution in [1.82, 2.24) is 4.90 Å². The molecule has 1 aromatic heterocycles. The van der Waals surface area contributed by atoms with E-state index in [2.05, 4.69) is 0 Å². The molecule has 142 valence electrons. The lowest BCUT2D eigenvalue weighted by Gasteiger charge is -2.21. The van der Waals surface area contributed by atoms with E-state index in [1.165, 1.54) is 0 Å². The smallest absolute Gasteiger partial charge is 0.248 e. The lowest BCUT2D eigenvalue weighted by Crippen LogP contribution is -2.33. The Hall–Kier alpha value is -2.05. The predicted molar refractivity (Wildman–Crippen MR) is 104 cm³/mol. The first-order valence-corrected chi connectivity index (χ1v) is 9.73. The van der Waals surface area contributed by atoms with Crippen LogP contribution in [0.1, 0.15) is 30.7 Å². The molecular weight excluding hydrogens is 350 g/mol. The fraction of sp³-hybridized carbons (Fsp3) is 0.450. The molecule has 0 aliphatic heterocycles. The molecule has 6 heteroatoms. The summed E-state index contributed by atoms with van der Waals surface area (Å²) in [5.74, 6) is 1.37. The minimum absolute atomic E-state index is 0.00191. The average Bonchev–Trinajstić information content (AvgIpc) is 3.18. The number of carbonyl (C=O) groups is 1. The van der Waals surface area contributed by atoms with Crippen molar-refractivity contribution in [1.29, 1.82) is 0 Å². The van der Waals surface area contributed by atoms with Gasteiger partial charge in [0, 0.05) is 24.6 Å². The van der Waals surface area contributed by atoms with Gasteiger partial charge in [-0.15, -0.1) is 11.3 Å². The molecule has 26 heavy (non-hydrogen) atoms. The molecule has 0 N–H and O–H groups in total. The molecule has 2 rings (SSSR count). The summed E-state index contributed by atoms with van der Waals surface area (Å²) >= 11 is 1.66. The molecule has 0 atom stereocenters. The fourth-order valence-electron chi connectivity index (χ4n) is 2.47. The number of rotatable bonds is 11. The average molecular weight is 378 g/mol. The van der Waals surface area contributed by atoms with Crippen molar-refractivity contribution in [3.8, 4) is 11.5 Å². The van der Waals surface area contributed by atoms with E-state index in [-0.39, 0.29) is 12.5 Å². The standard InChI is InChI=1S/C20H27NO4S/c1-4-10-24-15-20(22)21(5-2)13-16-8-9-18(19(12-16)23-3)25-14-17-7-6-11-26-17/h6-9,11-12H,4-5,10,13-15H2,1-3H3. The van der Waals surface area contributed by atoms with Crippen LogP contribution in [0.2, 0.25) is 0 Å². The van der Waals surface area contributed by atoms with Gasteiger partial charge in [-0.25, -0.2) is 0 Å². The third kappa shape index (κ3) is 6.04. The van der Waals surface area contributed by atoms with Gasteiger partial charge in [0.2, 0.25) is 5.91 Å². The van der Waals surface area contributed by atoms with Crippen LogP contribution in [0.15, 0.2) is 35.7 Å². The van der Waals surface area contributed by atoms with Crippen molar-refractivity contribution >= 4 is 17.2 Å². The second-order valence-electron chi connectivity index (χ2n) is 5.81. The molecule has 0 aliphatic carbocycles. The largest absolute Gasteiger partial charge is 0.493 e. The third-order valence-corrected chi connectivity index (χ3v) is 4.71. The Labute approximate surface area is 159 Å². The van der Waals surface area contributed by atoms with Crippen molar-refractivity contribution in [3.05, 3.63) is 46.2 Å². The third-order valence-electron chi connectivity index (χ3n) is 3.86. The van der Waals surface area contributed by atoms with Crippen molar-refractivity contribution in [2.75, 3.05) is 26.9 Å². The quantitative estimate of drug-likeness (QED) is 0.553. The van der Waals surface area contributed by atoms with E-state index in [0.717, 1.165) is 16.9 Å². The van der Waals surface area contributed by atoms with Gasteiger partial charge in [-0.1, -0.05) is 19.1 Å². The monoisotopic (exact) mass is 377 g/mol.